The Hall–Kier alpha value is -1.72. The number of amidine groups is 1. The summed E-state index contributed by atoms with van der Waals surface area (Å²) < 4.78 is 13.5. The molecule has 2 unspecified atom stereocenters. The molecule has 0 radical (unpaired) electrons. The predicted molar refractivity (Wildman–Crippen MR) is 142 cm³/mol. The summed E-state index contributed by atoms with van der Waals surface area (Å²) in [7, 11) is 0. The molecule has 0 aromatic heterocycles. The molecular formula is C29H40ClFN4. The largest absolute Gasteiger partial charge is 0.368 e. The van der Waals surface area contributed by atoms with Gasteiger partial charge < -0.3 is 15.6 Å². The minimum atomic E-state index is -0.419. The van der Waals surface area contributed by atoms with Crippen LogP contribution in [0.4, 0.5) is 4.39 Å². The Balaban J connectivity index is 1.11. The van der Waals surface area contributed by atoms with E-state index in [2.05, 4.69) is 24.1 Å². The van der Waals surface area contributed by atoms with Gasteiger partial charge in [-0.15, -0.1) is 0 Å². The molecule has 190 valence electrons. The number of fused-ring (bicyclic) bond motifs is 3. The second kappa shape index (κ2) is 9.97. The van der Waals surface area contributed by atoms with E-state index in [1.807, 2.05) is 0 Å². The molecule has 35 heavy (non-hydrogen) atoms. The van der Waals surface area contributed by atoms with E-state index in [0.717, 1.165) is 42.4 Å². The first-order valence-corrected chi connectivity index (χ1v) is 13.9. The van der Waals surface area contributed by atoms with Crippen LogP contribution in [-0.4, -0.2) is 42.1 Å². The van der Waals surface area contributed by atoms with Crippen molar-refractivity contribution in [3.05, 3.63) is 46.8 Å². The molecule has 1 saturated heterocycles. The Morgan fingerprint density at radius 3 is 2.37 bits per heavy atom. The third-order valence-corrected chi connectivity index (χ3v) is 9.47. The maximum atomic E-state index is 13.5. The highest BCUT2D eigenvalue weighted by molar-refractivity contribution is 6.34. The quantitative estimate of drug-likeness (QED) is 0.308. The van der Waals surface area contributed by atoms with Gasteiger partial charge in [-0.05, 0) is 110 Å². The molecule has 1 aromatic rings. The average molecular weight is 499 g/mol. The minimum absolute atomic E-state index is 0.107. The van der Waals surface area contributed by atoms with E-state index in [1.54, 1.807) is 6.08 Å². The molecule has 5 rings (SSSR count). The van der Waals surface area contributed by atoms with Gasteiger partial charge in [0.2, 0.25) is 0 Å². The fraction of sp³-hybridized carbons (Fsp3) is 0.655. The van der Waals surface area contributed by atoms with E-state index in [0.29, 0.717) is 27.9 Å². The van der Waals surface area contributed by atoms with E-state index in [-0.39, 0.29) is 5.71 Å². The van der Waals surface area contributed by atoms with Gasteiger partial charge in [0.1, 0.15) is 11.7 Å². The van der Waals surface area contributed by atoms with Crippen molar-refractivity contribution in [1.82, 2.24) is 10.2 Å². The SMILES string of the molecule is CC1CC2CC(C)CC(CN3C[C@H]4C[C@H](NC(=N)/C=C\C(=N)c5cc(F)ccc5Cl)C[C@H]4C3)(C1)C2. The molecule has 1 aromatic carbocycles. The second-order valence-electron chi connectivity index (χ2n) is 12.5. The molecule has 2 bridgehead atoms. The van der Waals surface area contributed by atoms with Gasteiger partial charge in [0.15, 0.2) is 0 Å². The van der Waals surface area contributed by atoms with Crippen molar-refractivity contribution in [3.8, 4) is 0 Å². The van der Waals surface area contributed by atoms with Gasteiger partial charge >= 0.3 is 0 Å². The molecule has 0 spiro atoms. The number of nitrogens with zero attached hydrogens (tertiary/aromatic N) is 1. The molecule has 3 aliphatic carbocycles. The van der Waals surface area contributed by atoms with Crippen LogP contribution in [0.3, 0.4) is 0 Å². The molecule has 1 heterocycles. The van der Waals surface area contributed by atoms with Crippen LogP contribution < -0.4 is 5.32 Å². The van der Waals surface area contributed by atoms with Crippen molar-refractivity contribution >= 4 is 23.1 Å². The number of halogens is 2. The summed E-state index contributed by atoms with van der Waals surface area (Å²) in [6.07, 6.45) is 12.5. The molecule has 1 aliphatic heterocycles. The van der Waals surface area contributed by atoms with Crippen molar-refractivity contribution in [2.24, 2.45) is 35.0 Å². The van der Waals surface area contributed by atoms with Crippen molar-refractivity contribution in [2.75, 3.05) is 19.6 Å². The molecule has 3 saturated carbocycles. The second-order valence-corrected chi connectivity index (χ2v) is 12.9. The van der Waals surface area contributed by atoms with E-state index in [4.69, 9.17) is 22.4 Å². The first kappa shape index (κ1) is 25.0. The van der Waals surface area contributed by atoms with Crippen molar-refractivity contribution < 1.29 is 4.39 Å². The van der Waals surface area contributed by atoms with Crippen LogP contribution in [0.5, 0.6) is 0 Å². The molecule has 0 amide bonds. The Labute approximate surface area is 214 Å². The van der Waals surface area contributed by atoms with Gasteiger partial charge in [-0.3, -0.25) is 5.41 Å². The zero-order valence-electron chi connectivity index (χ0n) is 21.1. The Bertz CT molecular complexity index is 973. The highest BCUT2D eigenvalue weighted by Crippen LogP contribution is 2.53. The van der Waals surface area contributed by atoms with Crippen LogP contribution in [0.15, 0.2) is 30.4 Å². The first-order valence-electron chi connectivity index (χ1n) is 13.5. The summed E-state index contributed by atoms with van der Waals surface area (Å²) in [6.45, 7) is 8.67. The minimum Gasteiger partial charge on any atom is -0.368 e. The van der Waals surface area contributed by atoms with Crippen LogP contribution in [0.1, 0.15) is 64.4 Å². The van der Waals surface area contributed by atoms with E-state index >= 15 is 0 Å². The lowest BCUT2D eigenvalue weighted by Crippen LogP contribution is -2.46. The van der Waals surface area contributed by atoms with E-state index in [1.165, 1.54) is 76.0 Å². The van der Waals surface area contributed by atoms with Crippen molar-refractivity contribution in [2.45, 2.75) is 64.8 Å². The van der Waals surface area contributed by atoms with Crippen molar-refractivity contribution in [1.29, 1.82) is 10.8 Å². The van der Waals surface area contributed by atoms with Crippen LogP contribution in [0.2, 0.25) is 5.02 Å². The molecular weight excluding hydrogens is 459 g/mol. The van der Waals surface area contributed by atoms with E-state index in [9.17, 15) is 4.39 Å². The maximum absolute atomic E-state index is 13.5. The molecule has 4 nitrogen and oxygen atoms in total. The van der Waals surface area contributed by atoms with E-state index < -0.39 is 5.82 Å². The lowest BCUT2D eigenvalue weighted by molar-refractivity contribution is -0.00653. The topological polar surface area (TPSA) is 63.0 Å². The van der Waals surface area contributed by atoms with Gasteiger partial charge in [-0.2, -0.15) is 0 Å². The zero-order valence-corrected chi connectivity index (χ0v) is 21.9. The van der Waals surface area contributed by atoms with Gasteiger partial charge in [0, 0.05) is 31.2 Å². The highest BCUT2D eigenvalue weighted by atomic mass is 35.5. The number of hydrogen-bond donors (Lipinski definition) is 3. The number of likely N-dealkylation sites (tertiary alicyclic amines) is 1. The lowest BCUT2D eigenvalue weighted by atomic mass is 9.56. The summed E-state index contributed by atoms with van der Waals surface area (Å²) in [4.78, 5) is 2.79. The Morgan fingerprint density at radius 1 is 1.06 bits per heavy atom. The fourth-order valence-corrected chi connectivity index (χ4v) is 8.67. The van der Waals surface area contributed by atoms with Gasteiger partial charge in [-0.25, -0.2) is 4.39 Å². The number of rotatable bonds is 6. The molecule has 3 N–H and O–H groups in total. The van der Waals surface area contributed by atoms with Crippen molar-refractivity contribution in [3.63, 3.8) is 0 Å². The number of allylic oxidation sites excluding steroid dienone is 1. The summed E-state index contributed by atoms with van der Waals surface area (Å²) in [5, 5.41) is 20.2. The third kappa shape index (κ3) is 5.67. The zero-order chi connectivity index (χ0) is 24.7. The number of benzene rings is 1. The molecule has 6 heteroatoms. The highest BCUT2D eigenvalue weighted by Gasteiger charge is 2.48. The first-order chi connectivity index (χ1) is 16.7. The number of nitrogens with one attached hydrogen (secondary N) is 3. The monoisotopic (exact) mass is 498 g/mol. The molecule has 5 atom stereocenters. The molecule has 4 fully saturated rings. The van der Waals surface area contributed by atoms with Crippen LogP contribution >= 0.6 is 11.6 Å². The normalized spacial score (nSPS) is 36.9. The maximum Gasteiger partial charge on any atom is 0.123 e. The lowest BCUT2D eigenvalue weighted by Gasteiger charge is -2.51. The van der Waals surface area contributed by atoms with Gasteiger partial charge in [0.05, 0.1) is 10.7 Å². The average Bonchev–Trinajstić information content (AvgIpc) is 3.29. The fourth-order valence-electron chi connectivity index (χ4n) is 8.45. The number of hydrogen-bond acceptors (Lipinski definition) is 3. The van der Waals surface area contributed by atoms with Crippen LogP contribution in [0.25, 0.3) is 0 Å². The predicted octanol–water partition coefficient (Wildman–Crippen LogP) is 6.53. The smallest absolute Gasteiger partial charge is 0.123 e. The Morgan fingerprint density at radius 2 is 1.71 bits per heavy atom. The van der Waals surface area contributed by atoms with Crippen LogP contribution in [0, 0.1) is 51.6 Å². The van der Waals surface area contributed by atoms with Crippen LogP contribution in [-0.2, 0) is 0 Å². The summed E-state index contributed by atoms with van der Waals surface area (Å²) in [6, 6.07) is 4.33. The third-order valence-electron chi connectivity index (χ3n) is 9.14. The summed E-state index contributed by atoms with van der Waals surface area (Å²) in [5.41, 5.74) is 1.01. The standard InChI is InChI=1S/C29H40ClFN4/c1-18-7-20-8-19(2)13-29(12-18,14-20)17-35-15-21-9-24(10-22(21)16-35)34-28(33)6-5-27(32)25-11-23(31)3-4-26(25)30/h3-6,11,18-22,24,32H,7-10,12-17H2,1-2H3,(H2,33,34)/b6-5-,32-27?/t18?,19?,20?,21-,22+,24+,29?. The summed E-state index contributed by atoms with van der Waals surface area (Å²) >= 11 is 6.10. The molecule has 4 aliphatic rings. The van der Waals surface area contributed by atoms with Gasteiger partial charge in [-0.1, -0.05) is 25.4 Å². The Kier molecular flexibility index (Phi) is 7.11. The van der Waals surface area contributed by atoms with Gasteiger partial charge in [0.25, 0.3) is 0 Å². The summed E-state index contributed by atoms with van der Waals surface area (Å²) in [5.74, 6) is 4.06.